The maximum absolute atomic E-state index is 14.3. The minimum Gasteiger partial charge on any atom is -0.385 e. The Labute approximate surface area is 405 Å². The van der Waals surface area contributed by atoms with Gasteiger partial charge in [-0.3, -0.25) is 9.59 Å². The number of hydrogen-bond donors (Lipinski definition) is 8. The largest absolute Gasteiger partial charge is 0.385 e. The second kappa shape index (κ2) is 28.2. The number of rotatable bonds is 19. The number of carbonyl (C=O) groups excluding carboxylic acids is 2. The highest BCUT2D eigenvalue weighted by Gasteiger charge is 2.42. The van der Waals surface area contributed by atoms with Crippen LogP contribution >= 0.6 is 11.6 Å². The topological polar surface area (TPSA) is 164 Å². The van der Waals surface area contributed by atoms with Crippen LogP contribution in [0.3, 0.4) is 0 Å². The summed E-state index contributed by atoms with van der Waals surface area (Å²) in [4.78, 5) is 21.9. The van der Waals surface area contributed by atoms with Crippen molar-refractivity contribution in [2.24, 2.45) is 17.8 Å². The molecule has 0 saturated carbocycles. The van der Waals surface area contributed by atoms with Crippen LogP contribution in [0.15, 0.2) is 54.6 Å². The lowest BCUT2D eigenvalue weighted by Gasteiger charge is -2.40. The van der Waals surface area contributed by atoms with Crippen molar-refractivity contribution in [3.05, 3.63) is 105 Å². The van der Waals surface area contributed by atoms with Gasteiger partial charge in [-0.05, 0) is 151 Å². The summed E-state index contributed by atoms with van der Waals surface area (Å²) in [5.74, 6) is -3.67. The first-order valence-electron chi connectivity index (χ1n) is 24.4. The molecule has 3 heterocycles. The molecule has 3 aromatic carbocycles. The lowest BCUT2D eigenvalue weighted by molar-refractivity contribution is -0.119. The number of hydrogen-bond acceptors (Lipinski definition) is 9. The van der Waals surface area contributed by atoms with Gasteiger partial charge >= 0.3 is 0 Å². The van der Waals surface area contributed by atoms with Gasteiger partial charge in [-0.1, -0.05) is 35.9 Å². The molecule has 380 valence electrons. The molecule has 2 amide bonds. The normalized spacial score (nSPS) is 21.0. The third kappa shape index (κ3) is 16.5. The van der Waals surface area contributed by atoms with E-state index in [4.69, 9.17) is 16.3 Å². The number of amides is 2. The molecule has 0 spiro atoms. The molecular weight excluding hydrogens is 902 g/mol. The fourth-order valence-electron chi connectivity index (χ4n) is 10.1. The number of aliphatic hydroxyl groups is 3. The summed E-state index contributed by atoms with van der Waals surface area (Å²) < 4.78 is 60.2. The Morgan fingerprint density at radius 3 is 1.62 bits per heavy atom. The van der Waals surface area contributed by atoms with Crippen LogP contribution < -0.4 is 26.6 Å². The third-order valence-corrected chi connectivity index (χ3v) is 14.2. The molecule has 3 aromatic rings. The zero-order valence-corrected chi connectivity index (χ0v) is 41.2. The van der Waals surface area contributed by atoms with E-state index >= 15 is 0 Å². The molecule has 6 atom stereocenters. The summed E-state index contributed by atoms with van der Waals surface area (Å²) in [6, 6.07) is 13.0. The fourth-order valence-corrected chi connectivity index (χ4v) is 10.3. The molecule has 11 nitrogen and oxygen atoms in total. The van der Waals surface area contributed by atoms with Gasteiger partial charge in [0.05, 0.1) is 16.8 Å². The molecule has 6 rings (SSSR count). The van der Waals surface area contributed by atoms with E-state index in [0.717, 1.165) is 119 Å². The van der Waals surface area contributed by atoms with E-state index in [1.807, 2.05) is 25.1 Å². The van der Waals surface area contributed by atoms with E-state index in [1.165, 1.54) is 38.1 Å². The van der Waals surface area contributed by atoms with Gasteiger partial charge < -0.3 is 46.6 Å². The zero-order valence-electron chi connectivity index (χ0n) is 40.4. The predicted molar refractivity (Wildman–Crippen MR) is 259 cm³/mol. The summed E-state index contributed by atoms with van der Waals surface area (Å²) >= 11 is 6.30. The summed E-state index contributed by atoms with van der Waals surface area (Å²) in [5.41, 5.74) is -1.29. The standard InChI is InChI=1S/C18H28ClNO2.2C17H24F2N2O2/c1-14-16(8-5-9-17(14)19)18(21,10-3-4-12-22-2)15-7-6-11-20-13-15;1-12(22)21-10-4-8-17(23,13-5-3-9-20-11-13)14-6-2-7-15(18)16(14)19;1-12(22)21-7-3-5-17(23,13-4-2-6-20-11-13)14-8-15(18)10-16(19)9-14/h5,8-9,15,20-21H,3-4,6-7,10-13H2,1-2H3;2,6-7,13,20,23H,3-5,8-11H2,1H3,(H,21,22);8-10,13,20,23H,2-7,11H2,1H3,(H,21,22)/t15-,18+;2*13-,17+/m111/s1. The molecule has 0 aromatic heterocycles. The Kier molecular flexibility index (Phi) is 23.6. The Morgan fingerprint density at radius 1 is 0.676 bits per heavy atom. The molecule has 3 fully saturated rings. The number of piperidine rings is 3. The van der Waals surface area contributed by atoms with Crippen LogP contribution in [0.2, 0.25) is 5.02 Å². The van der Waals surface area contributed by atoms with Gasteiger partial charge in [0.2, 0.25) is 11.8 Å². The maximum Gasteiger partial charge on any atom is 0.216 e. The van der Waals surface area contributed by atoms with Gasteiger partial charge in [0.1, 0.15) is 11.6 Å². The van der Waals surface area contributed by atoms with Gasteiger partial charge in [0.25, 0.3) is 0 Å². The second-order valence-electron chi connectivity index (χ2n) is 18.7. The fraction of sp³-hybridized carbons (Fsp3) is 0.615. The molecule has 0 unspecified atom stereocenters. The van der Waals surface area contributed by atoms with Gasteiger partial charge in [-0.15, -0.1) is 0 Å². The lowest BCUT2D eigenvalue weighted by atomic mass is 9.73. The average Bonchev–Trinajstić information content (AvgIpc) is 3.33. The Hall–Kier alpha value is -3.67. The van der Waals surface area contributed by atoms with Crippen molar-refractivity contribution >= 4 is 23.4 Å². The van der Waals surface area contributed by atoms with Crippen molar-refractivity contribution < 1.29 is 47.2 Å². The van der Waals surface area contributed by atoms with Crippen LogP contribution in [0.4, 0.5) is 17.6 Å². The van der Waals surface area contributed by atoms with E-state index in [1.54, 1.807) is 7.11 Å². The summed E-state index contributed by atoms with van der Waals surface area (Å²) in [6.45, 7) is 11.3. The van der Waals surface area contributed by atoms with E-state index in [-0.39, 0.29) is 47.1 Å². The molecule has 0 bridgehead atoms. The summed E-state index contributed by atoms with van der Waals surface area (Å²) in [5, 5.41) is 50.0. The number of halogens is 5. The minimum absolute atomic E-state index is 0.00836. The van der Waals surface area contributed by atoms with E-state index in [0.29, 0.717) is 45.4 Å². The number of methoxy groups -OCH3 is 1. The summed E-state index contributed by atoms with van der Waals surface area (Å²) in [7, 11) is 1.72. The highest BCUT2D eigenvalue weighted by atomic mass is 35.5. The molecule has 8 N–H and O–H groups in total. The molecule has 0 aliphatic carbocycles. The van der Waals surface area contributed by atoms with Crippen LogP contribution in [0, 0.1) is 47.9 Å². The van der Waals surface area contributed by atoms with E-state index in [9.17, 15) is 42.5 Å². The van der Waals surface area contributed by atoms with Crippen LogP contribution in [-0.2, 0) is 31.1 Å². The third-order valence-electron chi connectivity index (χ3n) is 13.8. The van der Waals surface area contributed by atoms with Crippen molar-refractivity contribution in [2.75, 3.05) is 66.1 Å². The molecule has 0 radical (unpaired) electrons. The van der Waals surface area contributed by atoms with E-state index < -0.39 is 40.1 Å². The molecule has 3 aliphatic rings. The summed E-state index contributed by atoms with van der Waals surface area (Å²) in [6.07, 6.45) is 9.81. The smallest absolute Gasteiger partial charge is 0.216 e. The Morgan fingerprint density at radius 2 is 1.13 bits per heavy atom. The number of ether oxygens (including phenoxy) is 1. The van der Waals surface area contributed by atoms with Crippen molar-refractivity contribution in [2.45, 2.75) is 121 Å². The highest BCUT2D eigenvalue weighted by molar-refractivity contribution is 6.31. The number of nitrogens with one attached hydrogen (secondary N) is 5. The van der Waals surface area contributed by atoms with E-state index in [2.05, 4.69) is 26.6 Å². The first kappa shape index (κ1) is 56.9. The first-order valence-corrected chi connectivity index (χ1v) is 24.8. The molecule has 68 heavy (non-hydrogen) atoms. The zero-order chi connectivity index (χ0) is 49.7. The van der Waals surface area contributed by atoms with Crippen LogP contribution in [-0.4, -0.2) is 93.2 Å². The van der Waals surface area contributed by atoms with Crippen LogP contribution in [0.25, 0.3) is 0 Å². The van der Waals surface area contributed by atoms with Crippen LogP contribution in [0.5, 0.6) is 0 Å². The first-order chi connectivity index (χ1) is 32.5. The van der Waals surface area contributed by atoms with Crippen molar-refractivity contribution in [1.82, 2.24) is 26.6 Å². The SMILES string of the molecule is CC(=O)NCCC[C@@](O)(c1cc(F)cc(F)c1)[C@@H]1CCCNC1.CC(=O)NCCC[C@@](O)(c1cccc(F)c1F)[C@@H]1CCCNC1.COCCCC[C@@](O)(c1cccc(Cl)c1C)[C@@H]1CCCNC1. The number of benzene rings is 3. The number of unbranched alkanes of at least 4 members (excludes halogenated alkanes) is 1. The molecule has 3 aliphatic heterocycles. The molecule has 3 saturated heterocycles. The van der Waals surface area contributed by atoms with Gasteiger partial charge in [-0.25, -0.2) is 17.6 Å². The molecule has 16 heteroatoms. The van der Waals surface area contributed by atoms with Gasteiger partial charge in [0.15, 0.2) is 11.6 Å². The lowest BCUT2D eigenvalue weighted by Crippen LogP contribution is -2.45. The monoisotopic (exact) mass is 978 g/mol. The van der Waals surface area contributed by atoms with Crippen LogP contribution in [0.1, 0.15) is 120 Å². The minimum atomic E-state index is -1.45. The maximum atomic E-state index is 14.3. The molecular formula is C52H76ClF4N5O6. The average molecular weight is 979 g/mol. The van der Waals surface area contributed by atoms with Crippen molar-refractivity contribution in [1.29, 1.82) is 0 Å². The van der Waals surface area contributed by atoms with Crippen molar-refractivity contribution in [3.8, 4) is 0 Å². The second-order valence-corrected chi connectivity index (χ2v) is 19.1. The Bertz CT molecular complexity index is 2000. The predicted octanol–water partition coefficient (Wildman–Crippen LogP) is 7.79. The van der Waals surface area contributed by atoms with Gasteiger partial charge in [0, 0.05) is 94.7 Å². The van der Waals surface area contributed by atoms with Gasteiger partial charge in [-0.2, -0.15) is 0 Å². The highest BCUT2D eigenvalue weighted by Crippen LogP contribution is 2.42. The number of carbonyl (C=O) groups is 2. The Balaban J connectivity index is 0.000000222. The quantitative estimate of drug-likeness (QED) is 0.0443. The van der Waals surface area contributed by atoms with Crippen molar-refractivity contribution in [3.63, 3.8) is 0 Å².